The zero-order chi connectivity index (χ0) is 22.1. The Kier molecular flexibility index (Phi) is 5.27. The van der Waals surface area contributed by atoms with Crippen molar-refractivity contribution in [2.75, 3.05) is 29.6 Å². The number of rotatable bonds is 4. The van der Waals surface area contributed by atoms with Crippen molar-refractivity contribution in [3.63, 3.8) is 0 Å². The predicted octanol–water partition coefficient (Wildman–Crippen LogP) is 4.68. The summed E-state index contributed by atoms with van der Waals surface area (Å²) in [7, 11) is 1.63. The molecule has 1 N–H and O–H groups in total. The van der Waals surface area contributed by atoms with Gasteiger partial charge in [-0.05, 0) is 35.9 Å². The number of carbonyl (C=O) groups excluding carboxylic acids is 2. The maximum absolute atomic E-state index is 14.0. The second kappa shape index (κ2) is 8.24. The van der Waals surface area contributed by atoms with Gasteiger partial charge in [-0.3, -0.25) is 9.69 Å². The normalized spacial score (nSPS) is 19.3. The zero-order valence-electron chi connectivity index (χ0n) is 17.7. The summed E-state index contributed by atoms with van der Waals surface area (Å²) in [5.74, 6) is 1.35. The fourth-order valence-corrected chi connectivity index (χ4v) is 5.85. The van der Waals surface area contributed by atoms with Gasteiger partial charge in [-0.1, -0.05) is 48.5 Å². The first kappa shape index (κ1) is 20.5. The SMILES string of the molecule is COc1cccc(CN2C(=O)[C@]3(SCCN3C(=O)Nc3ccccc3)c3ccccc32)c1. The molecule has 5 rings (SSSR count). The summed E-state index contributed by atoms with van der Waals surface area (Å²) in [5, 5.41) is 2.95. The molecule has 2 aliphatic rings. The molecule has 2 aliphatic heterocycles. The number of hydrogen-bond donors (Lipinski definition) is 1. The van der Waals surface area contributed by atoms with E-state index in [-0.39, 0.29) is 11.9 Å². The molecule has 0 saturated carbocycles. The van der Waals surface area contributed by atoms with Crippen molar-refractivity contribution < 1.29 is 14.3 Å². The Morgan fingerprint density at radius 1 is 1.06 bits per heavy atom. The molecule has 1 saturated heterocycles. The minimum Gasteiger partial charge on any atom is -0.497 e. The van der Waals surface area contributed by atoms with Gasteiger partial charge in [0.25, 0.3) is 5.91 Å². The van der Waals surface area contributed by atoms with Gasteiger partial charge in [0.05, 0.1) is 19.3 Å². The lowest BCUT2D eigenvalue weighted by Crippen LogP contribution is -2.51. The van der Waals surface area contributed by atoms with Crippen molar-refractivity contribution in [2.45, 2.75) is 11.4 Å². The number of anilines is 2. The fraction of sp³-hybridized carbons (Fsp3) is 0.200. The van der Waals surface area contributed by atoms with Crippen LogP contribution in [0.25, 0.3) is 0 Å². The first-order chi connectivity index (χ1) is 15.6. The van der Waals surface area contributed by atoms with E-state index in [1.165, 1.54) is 11.8 Å². The van der Waals surface area contributed by atoms with E-state index >= 15 is 0 Å². The van der Waals surface area contributed by atoms with Crippen LogP contribution < -0.4 is 15.0 Å². The van der Waals surface area contributed by atoms with Gasteiger partial charge in [0.2, 0.25) is 0 Å². The largest absolute Gasteiger partial charge is 0.497 e. The number of carbonyl (C=O) groups is 2. The topological polar surface area (TPSA) is 61.9 Å². The van der Waals surface area contributed by atoms with Gasteiger partial charge in [-0.2, -0.15) is 0 Å². The number of methoxy groups -OCH3 is 1. The highest BCUT2D eigenvalue weighted by Gasteiger charge is 2.59. The highest BCUT2D eigenvalue weighted by Crippen LogP contribution is 2.54. The van der Waals surface area contributed by atoms with Crippen molar-refractivity contribution in [2.24, 2.45) is 0 Å². The number of fused-ring (bicyclic) bond motifs is 2. The molecule has 1 atom stereocenters. The Morgan fingerprint density at radius 3 is 2.66 bits per heavy atom. The van der Waals surface area contributed by atoms with E-state index in [4.69, 9.17) is 4.74 Å². The molecule has 3 aromatic rings. The zero-order valence-corrected chi connectivity index (χ0v) is 18.5. The van der Waals surface area contributed by atoms with Gasteiger partial charge in [0.15, 0.2) is 4.87 Å². The molecule has 3 aromatic carbocycles. The number of ether oxygens (including phenoxy) is 1. The maximum Gasteiger partial charge on any atom is 0.323 e. The third-order valence-electron chi connectivity index (χ3n) is 5.85. The van der Waals surface area contributed by atoms with E-state index in [2.05, 4.69) is 5.32 Å². The van der Waals surface area contributed by atoms with Crippen LogP contribution in [0.15, 0.2) is 78.9 Å². The molecule has 1 spiro atoms. The molecule has 0 unspecified atom stereocenters. The Bertz CT molecular complexity index is 1170. The van der Waals surface area contributed by atoms with Gasteiger partial charge < -0.3 is 15.0 Å². The molecule has 0 aromatic heterocycles. The number of nitrogens with zero attached hydrogens (tertiary/aromatic N) is 2. The smallest absolute Gasteiger partial charge is 0.323 e. The lowest BCUT2D eigenvalue weighted by molar-refractivity contribution is -0.123. The molecule has 7 heteroatoms. The predicted molar refractivity (Wildman–Crippen MR) is 127 cm³/mol. The summed E-state index contributed by atoms with van der Waals surface area (Å²) in [4.78, 5) is 29.7. The van der Waals surface area contributed by atoms with E-state index in [0.29, 0.717) is 24.5 Å². The van der Waals surface area contributed by atoms with Crippen LogP contribution in [0.1, 0.15) is 11.1 Å². The van der Waals surface area contributed by atoms with Crippen LogP contribution in [-0.2, 0) is 16.2 Å². The molecule has 0 aliphatic carbocycles. The molecular formula is C25H23N3O3S. The first-order valence-electron chi connectivity index (χ1n) is 10.5. The maximum atomic E-state index is 14.0. The summed E-state index contributed by atoms with van der Waals surface area (Å²) in [6, 6.07) is 24.5. The van der Waals surface area contributed by atoms with Crippen LogP contribution in [0.2, 0.25) is 0 Å². The lowest BCUT2D eigenvalue weighted by atomic mass is 10.1. The van der Waals surface area contributed by atoms with E-state index in [1.54, 1.807) is 16.9 Å². The van der Waals surface area contributed by atoms with Gasteiger partial charge in [0, 0.05) is 23.5 Å². The van der Waals surface area contributed by atoms with Crippen LogP contribution in [0.3, 0.4) is 0 Å². The van der Waals surface area contributed by atoms with Crippen molar-refractivity contribution in [3.8, 4) is 5.75 Å². The van der Waals surface area contributed by atoms with E-state index in [0.717, 1.165) is 22.6 Å². The highest BCUT2D eigenvalue weighted by molar-refractivity contribution is 8.01. The van der Waals surface area contributed by atoms with E-state index < -0.39 is 4.87 Å². The molecule has 162 valence electrons. The van der Waals surface area contributed by atoms with E-state index in [9.17, 15) is 9.59 Å². The average molecular weight is 446 g/mol. The Hall–Kier alpha value is -3.45. The highest BCUT2D eigenvalue weighted by atomic mass is 32.2. The Labute approximate surface area is 191 Å². The van der Waals surface area contributed by atoms with Gasteiger partial charge in [0.1, 0.15) is 5.75 Å². The monoisotopic (exact) mass is 445 g/mol. The Morgan fingerprint density at radius 2 is 1.84 bits per heavy atom. The van der Waals surface area contributed by atoms with E-state index in [1.807, 2.05) is 78.9 Å². The summed E-state index contributed by atoms with van der Waals surface area (Å²) in [6.45, 7) is 0.903. The van der Waals surface area contributed by atoms with Gasteiger partial charge in [-0.25, -0.2) is 4.79 Å². The number of benzene rings is 3. The summed E-state index contributed by atoms with van der Waals surface area (Å²) < 4.78 is 5.35. The molecule has 1 fully saturated rings. The molecular weight excluding hydrogens is 422 g/mol. The second-order valence-corrected chi connectivity index (χ2v) is 8.99. The standard InChI is InChI=1S/C25H23N3O3S/c1-31-20-11-7-8-18(16-20)17-27-22-13-6-5-12-21(22)25(23(27)29)28(14-15-32-25)24(30)26-19-9-3-2-4-10-19/h2-13,16H,14-15,17H2,1H3,(H,26,30)/t25-/m1/s1. The summed E-state index contributed by atoms with van der Waals surface area (Å²) >= 11 is 1.52. The number of thioether (sulfide) groups is 1. The van der Waals surface area contributed by atoms with Crippen molar-refractivity contribution in [1.29, 1.82) is 0 Å². The quantitative estimate of drug-likeness (QED) is 0.634. The molecule has 6 nitrogen and oxygen atoms in total. The first-order valence-corrected chi connectivity index (χ1v) is 11.4. The Balaban J connectivity index is 1.50. The molecule has 32 heavy (non-hydrogen) atoms. The molecule has 0 bridgehead atoms. The third kappa shape index (κ3) is 3.29. The summed E-state index contributed by atoms with van der Waals surface area (Å²) in [6.07, 6.45) is 0. The van der Waals surface area contributed by atoms with Gasteiger partial charge in [-0.15, -0.1) is 11.8 Å². The molecule has 2 heterocycles. The average Bonchev–Trinajstić information content (AvgIpc) is 3.37. The van der Waals surface area contributed by atoms with Crippen LogP contribution in [0.5, 0.6) is 5.75 Å². The molecule has 0 radical (unpaired) electrons. The van der Waals surface area contributed by atoms with Crippen LogP contribution in [0.4, 0.5) is 16.2 Å². The van der Waals surface area contributed by atoms with Crippen LogP contribution in [-0.4, -0.2) is 36.2 Å². The van der Waals surface area contributed by atoms with Crippen LogP contribution in [0, 0.1) is 0 Å². The summed E-state index contributed by atoms with van der Waals surface area (Å²) in [5.41, 5.74) is 3.37. The van der Waals surface area contributed by atoms with Crippen molar-refractivity contribution >= 4 is 35.1 Å². The fourth-order valence-electron chi connectivity index (χ4n) is 4.39. The van der Waals surface area contributed by atoms with Crippen LogP contribution >= 0.6 is 11.8 Å². The number of hydrogen-bond acceptors (Lipinski definition) is 4. The van der Waals surface area contributed by atoms with Crippen molar-refractivity contribution in [3.05, 3.63) is 90.0 Å². The minimum absolute atomic E-state index is 0.0905. The number of urea groups is 1. The van der Waals surface area contributed by atoms with Crippen molar-refractivity contribution in [1.82, 2.24) is 4.90 Å². The number of nitrogens with one attached hydrogen (secondary N) is 1. The number of amides is 3. The minimum atomic E-state index is -1.06. The van der Waals surface area contributed by atoms with Gasteiger partial charge >= 0.3 is 6.03 Å². The molecule has 3 amide bonds. The third-order valence-corrected chi connectivity index (χ3v) is 7.27. The number of para-hydroxylation sites is 2. The lowest BCUT2D eigenvalue weighted by Gasteiger charge is -2.33. The second-order valence-electron chi connectivity index (χ2n) is 7.70.